The van der Waals surface area contributed by atoms with E-state index >= 15 is 0 Å². The van der Waals surface area contributed by atoms with Crippen LogP contribution in [0.3, 0.4) is 0 Å². The van der Waals surface area contributed by atoms with Crippen molar-refractivity contribution in [2.24, 2.45) is 11.5 Å². The highest BCUT2D eigenvalue weighted by molar-refractivity contribution is 5.94. The number of carboxylic acid groups (broad SMARTS) is 1. The second-order valence-corrected chi connectivity index (χ2v) is 7.26. The number of carbonyl (C=O) groups is 5. The van der Waals surface area contributed by atoms with Crippen LogP contribution >= 0.6 is 0 Å². The minimum Gasteiger partial charge on any atom is -0.480 e. The monoisotopic (exact) mass is 471 g/mol. The Bertz CT molecular complexity index is 830. The molecule has 5 unspecified atom stereocenters. The lowest BCUT2D eigenvalue weighted by Crippen LogP contribution is -2.60. The number of amides is 4. The molecule has 0 aliphatic heterocycles. The summed E-state index contributed by atoms with van der Waals surface area (Å²) in [6.45, 7) is 0.269. The van der Waals surface area contributed by atoms with E-state index in [0.717, 1.165) is 0 Å². The fourth-order valence-corrected chi connectivity index (χ4v) is 2.64. The van der Waals surface area contributed by atoms with Gasteiger partial charge in [-0.3, -0.25) is 19.2 Å². The van der Waals surface area contributed by atoms with Crippen molar-refractivity contribution in [3.63, 3.8) is 0 Å². The van der Waals surface area contributed by atoms with E-state index in [1.807, 2.05) is 5.32 Å². The molecule has 184 valence electrons. The Morgan fingerprint density at radius 2 is 1.73 bits per heavy atom. The van der Waals surface area contributed by atoms with Crippen molar-refractivity contribution in [3.8, 4) is 0 Å². The fraction of sp³-hybridized carbons (Fsp3) is 0.556. The van der Waals surface area contributed by atoms with Crippen LogP contribution < -0.4 is 27.4 Å². The van der Waals surface area contributed by atoms with E-state index < -0.39 is 66.5 Å². The topological polar surface area (TPSA) is 263 Å². The van der Waals surface area contributed by atoms with Crippen LogP contribution in [0.5, 0.6) is 0 Å². The van der Waals surface area contributed by atoms with E-state index in [0.29, 0.717) is 5.69 Å². The largest absolute Gasteiger partial charge is 0.480 e. The molecule has 0 saturated heterocycles. The number of aliphatic hydroxyl groups is 2. The number of aromatic nitrogens is 2. The number of carbonyl (C=O) groups excluding carboxylic acids is 4. The molecule has 0 fully saturated rings. The normalized spacial score (nSPS) is 15.4. The molecule has 0 aliphatic carbocycles. The zero-order valence-corrected chi connectivity index (χ0v) is 17.9. The summed E-state index contributed by atoms with van der Waals surface area (Å²) in [5, 5.41) is 34.6. The van der Waals surface area contributed by atoms with Crippen molar-refractivity contribution in [1.82, 2.24) is 25.9 Å². The van der Waals surface area contributed by atoms with Gasteiger partial charge in [0.15, 0.2) is 0 Å². The van der Waals surface area contributed by atoms with Crippen LogP contribution in [0.1, 0.15) is 25.5 Å². The molecule has 0 bridgehead atoms. The SMILES string of the molecule is CC(O)C(NC(=O)C(Cc1cnc[nH]1)NC(=O)C(N)CCC(N)=O)C(=O)NC(CO)C(=O)O. The number of carboxylic acids is 1. The summed E-state index contributed by atoms with van der Waals surface area (Å²) in [5.41, 5.74) is 11.2. The lowest BCUT2D eigenvalue weighted by Gasteiger charge is -2.26. The van der Waals surface area contributed by atoms with Crippen molar-refractivity contribution in [3.05, 3.63) is 18.2 Å². The standard InChI is InChI=1S/C18H29N7O8/c1-8(27)14(17(31)24-12(6-26)18(32)33)25-16(30)11(4-9-5-21-7-22-9)23-15(29)10(19)2-3-13(20)28/h5,7-8,10-12,14,26-27H,2-4,6,19H2,1H3,(H2,20,28)(H,21,22)(H,23,29)(H,24,31)(H,25,30)(H,32,33). The Morgan fingerprint density at radius 3 is 2.21 bits per heavy atom. The first-order valence-electron chi connectivity index (χ1n) is 9.90. The average molecular weight is 471 g/mol. The molecule has 15 nitrogen and oxygen atoms in total. The minimum absolute atomic E-state index is 0.0595. The predicted octanol–water partition coefficient (Wildman–Crippen LogP) is -4.54. The second kappa shape index (κ2) is 13.1. The van der Waals surface area contributed by atoms with E-state index in [1.165, 1.54) is 19.4 Å². The van der Waals surface area contributed by atoms with Crippen molar-refractivity contribution in [2.45, 2.75) is 56.5 Å². The molecule has 0 saturated carbocycles. The molecule has 1 aromatic rings. The Morgan fingerprint density at radius 1 is 1.09 bits per heavy atom. The fourth-order valence-electron chi connectivity index (χ4n) is 2.64. The number of rotatable bonds is 14. The number of nitrogens with one attached hydrogen (secondary N) is 4. The van der Waals surface area contributed by atoms with Crippen LogP contribution in [-0.4, -0.2) is 91.8 Å². The molecule has 0 radical (unpaired) electrons. The molecular weight excluding hydrogens is 442 g/mol. The van der Waals surface area contributed by atoms with E-state index in [-0.39, 0.29) is 19.3 Å². The van der Waals surface area contributed by atoms with Crippen LogP contribution in [0, 0.1) is 0 Å². The van der Waals surface area contributed by atoms with Gasteiger partial charge in [-0.05, 0) is 13.3 Å². The summed E-state index contributed by atoms with van der Waals surface area (Å²) >= 11 is 0. The lowest BCUT2D eigenvalue weighted by atomic mass is 10.1. The lowest BCUT2D eigenvalue weighted by molar-refractivity contribution is -0.144. The second-order valence-electron chi connectivity index (χ2n) is 7.26. The van der Waals surface area contributed by atoms with Crippen molar-refractivity contribution < 1.29 is 39.3 Å². The van der Waals surface area contributed by atoms with Gasteiger partial charge in [-0.15, -0.1) is 0 Å². The quantitative estimate of drug-likeness (QED) is 0.125. The summed E-state index contributed by atoms with van der Waals surface area (Å²) in [7, 11) is 0. The van der Waals surface area contributed by atoms with Crippen LogP contribution in [0.4, 0.5) is 0 Å². The highest BCUT2D eigenvalue weighted by atomic mass is 16.4. The molecule has 15 heteroatoms. The molecule has 1 aromatic heterocycles. The van der Waals surface area contributed by atoms with Crippen LogP contribution in [-0.2, 0) is 30.4 Å². The van der Waals surface area contributed by atoms with Gasteiger partial charge in [-0.25, -0.2) is 9.78 Å². The Balaban J connectivity index is 2.97. The minimum atomic E-state index is -1.65. The van der Waals surface area contributed by atoms with E-state index in [1.54, 1.807) is 0 Å². The number of aliphatic hydroxyl groups excluding tert-OH is 2. The van der Waals surface area contributed by atoms with Gasteiger partial charge in [0.05, 0.1) is 25.1 Å². The molecule has 0 aliphatic rings. The van der Waals surface area contributed by atoms with Gasteiger partial charge >= 0.3 is 5.97 Å². The number of H-pyrrole nitrogens is 1. The summed E-state index contributed by atoms with van der Waals surface area (Å²) in [6.07, 6.45) is 0.989. The van der Waals surface area contributed by atoms with Crippen molar-refractivity contribution in [1.29, 1.82) is 0 Å². The summed E-state index contributed by atoms with van der Waals surface area (Å²) < 4.78 is 0. The first kappa shape index (κ1) is 27.5. The number of aliphatic carboxylic acids is 1. The van der Waals surface area contributed by atoms with Crippen LogP contribution in [0.25, 0.3) is 0 Å². The third-order valence-corrected chi connectivity index (χ3v) is 4.51. The van der Waals surface area contributed by atoms with E-state index in [9.17, 15) is 29.1 Å². The predicted molar refractivity (Wildman–Crippen MR) is 111 cm³/mol. The number of nitrogens with two attached hydrogens (primary N) is 2. The summed E-state index contributed by atoms with van der Waals surface area (Å²) in [5.74, 6) is -4.89. The van der Waals surface area contributed by atoms with Gasteiger partial charge in [0.1, 0.15) is 18.1 Å². The van der Waals surface area contributed by atoms with Crippen LogP contribution in [0.2, 0.25) is 0 Å². The van der Waals surface area contributed by atoms with E-state index in [4.69, 9.17) is 21.7 Å². The summed E-state index contributed by atoms with van der Waals surface area (Å²) in [4.78, 5) is 66.1. The number of hydrogen-bond donors (Lipinski definition) is 9. The third-order valence-electron chi connectivity index (χ3n) is 4.51. The maximum Gasteiger partial charge on any atom is 0.328 e. The first-order valence-corrected chi connectivity index (χ1v) is 9.90. The molecule has 1 rings (SSSR count). The molecule has 0 spiro atoms. The highest BCUT2D eigenvalue weighted by Crippen LogP contribution is 2.04. The molecule has 5 atom stereocenters. The molecule has 11 N–H and O–H groups in total. The van der Waals surface area contributed by atoms with Crippen molar-refractivity contribution in [2.75, 3.05) is 6.61 Å². The third kappa shape index (κ3) is 9.22. The van der Waals surface area contributed by atoms with Gasteiger partial charge in [0.25, 0.3) is 0 Å². The van der Waals surface area contributed by atoms with Crippen molar-refractivity contribution >= 4 is 29.6 Å². The Hall–Kier alpha value is -3.56. The van der Waals surface area contributed by atoms with Gasteiger partial charge in [0, 0.05) is 24.7 Å². The maximum atomic E-state index is 12.9. The number of aromatic amines is 1. The molecule has 1 heterocycles. The Kier molecular flexibility index (Phi) is 10.9. The van der Waals surface area contributed by atoms with Crippen LogP contribution in [0.15, 0.2) is 12.5 Å². The summed E-state index contributed by atoms with van der Waals surface area (Å²) in [6, 6.07) is -5.68. The van der Waals surface area contributed by atoms with Gasteiger partial charge < -0.3 is 47.7 Å². The molecule has 0 aromatic carbocycles. The number of primary amides is 1. The Labute approximate surface area is 188 Å². The van der Waals surface area contributed by atoms with E-state index in [2.05, 4.69) is 20.6 Å². The maximum absolute atomic E-state index is 12.9. The molecular formula is C18H29N7O8. The zero-order valence-electron chi connectivity index (χ0n) is 17.9. The first-order chi connectivity index (χ1) is 15.5. The van der Waals surface area contributed by atoms with Gasteiger partial charge in [0.2, 0.25) is 23.6 Å². The molecule has 4 amide bonds. The average Bonchev–Trinajstić information content (AvgIpc) is 3.25. The highest BCUT2D eigenvalue weighted by Gasteiger charge is 2.32. The smallest absolute Gasteiger partial charge is 0.328 e. The zero-order chi connectivity index (χ0) is 25.1. The molecule has 33 heavy (non-hydrogen) atoms. The number of imidazole rings is 1. The van der Waals surface area contributed by atoms with Gasteiger partial charge in [-0.2, -0.15) is 0 Å². The number of hydrogen-bond acceptors (Lipinski definition) is 9. The number of nitrogens with zero attached hydrogens (tertiary/aromatic N) is 1. The van der Waals surface area contributed by atoms with Gasteiger partial charge in [-0.1, -0.05) is 0 Å².